The molecule has 2 amide bonds. The van der Waals surface area contributed by atoms with Crippen molar-refractivity contribution in [3.05, 3.63) is 60.2 Å². The first-order valence-electron chi connectivity index (χ1n) is 9.17. The predicted octanol–water partition coefficient (Wildman–Crippen LogP) is 4.32. The smallest absolute Gasteiger partial charge is 0.319 e. The summed E-state index contributed by atoms with van der Waals surface area (Å²) in [7, 11) is 1.61. The molecule has 0 aliphatic heterocycles. The average molecular weight is 380 g/mol. The number of anilines is 1. The van der Waals surface area contributed by atoms with E-state index in [2.05, 4.69) is 10.6 Å². The quantitative estimate of drug-likeness (QED) is 0.570. The summed E-state index contributed by atoms with van der Waals surface area (Å²) in [6.07, 6.45) is 0.659. The summed E-state index contributed by atoms with van der Waals surface area (Å²) in [6, 6.07) is 16.1. The van der Waals surface area contributed by atoms with Crippen molar-refractivity contribution in [2.75, 3.05) is 25.6 Å². The van der Waals surface area contributed by atoms with Gasteiger partial charge in [0.2, 0.25) is 0 Å². The van der Waals surface area contributed by atoms with Gasteiger partial charge in [0.1, 0.15) is 5.75 Å². The Morgan fingerprint density at radius 3 is 2.61 bits per heavy atom. The molecule has 0 unspecified atom stereocenters. The minimum absolute atomic E-state index is 0.186. The predicted molar refractivity (Wildman–Crippen MR) is 111 cm³/mol. The van der Waals surface area contributed by atoms with Crippen LogP contribution in [0.25, 0.3) is 10.8 Å². The summed E-state index contributed by atoms with van der Waals surface area (Å²) in [5, 5.41) is 17.1. The Labute approximate surface area is 164 Å². The number of urea groups is 1. The molecule has 0 bridgehead atoms. The van der Waals surface area contributed by atoms with Gasteiger partial charge < -0.3 is 25.2 Å². The molecule has 3 aromatic rings. The summed E-state index contributed by atoms with van der Waals surface area (Å²) in [6.45, 7) is 2.97. The number of aromatic hydroxyl groups is 1. The molecule has 0 atom stereocenters. The Morgan fingerprint density at radius 1 is 1.04 bits per heavy atom. The van der Waals surface area contributed by atoms with Crippen molar-refractivity contribution >= 4 is 22.5 Å². The minimum Gasteiger partial charge on any atom is -0.507 e. The molecule has 6 nitrogen and oxygen atoms in total. The lowest BCUT2D eigenvalue weighted by Gasteiger charge is -2.12. The first kappa shape index (κ1) is 19.4. The normalized spacial score (nSPS) is 10.5. The number of carbonyl (C=O) groups excluding carboxylic acids is 1. The summed E-state index contributed by atoms with van der Waals surface area (Å²) >= 11 is 0. The van der Waals surface area contributed by atoms with E-state index in [0.29, 0.717) is 42.1 Å². The molecule has 0 aromatic heterocycles. The van der Waals surface area contributed by atoms with Crippen molar-refractivity contribution in [2.24, 2.45) is 0 Å². The summed E-state index contributed by atoms with van der Waals surface area (Å²) < 4.78 is 10.9. The molecule has 3 rings (SSSR count). The van der Waals surface area contributed by atoms with E-state index in [1.807, 2.05) is 37.3 Å². The molecule has 146 valence electrons. The van der Waals surface area contributed by atoms with Gasteiger partial charge in [-0.05, 0) is 43.2 Å². The van der Waals surface area contributed by atoms with Crippen LogP contribution < -0.4 is 20.1 Å². The number of methoxy groups -OCH3 is 1. The van der Waals surface area contributed by atoms with Crippen molar-refractivity contribution in [2.45, 2.75) is 13.3 Å². The number of amides is 2. The van der Waals surface area contributed by atoms with E-state index < -0.39 is 0 Å². The van der Waals surface area contributed by atoms with Gasteiger partial charge in [0, 0.05) is 17.3 Å². The minimum atomic E-state index is -0.297. The number of rotatable bonds is 7. The van der Waals surface area contributed by atoms with Gasteiger partial charge >= 0.3 is 6.03 Å². The van der Waals surface area contributed by atoms with Gasteiger partial charge in [0.25, 0.3) is 0 Å². The molecule has 6 heteroatoms. The molecule has 0 aliphatic rings. The van der Waals surface area contributed by atoms with Crippen LogP contribution in [0.15, 0.2) is 54.6 Å². The lowest BCUT2D eigenvalue weighted by atomic mass is 10.1. The maximum Gasteiger partial charge on any atom is 0.319 e. The second-order valence-electron chi connectivity index (χ2n) is 6.23. The van der Waals surface area contributed by atoms with E-state index in [9.17, 15) is 9.90 Å². The molecule has 0 spiro atoms. The molecule has 0 radical (unpaired) electrons. The molecular formula is C22H24N2O4. The van der Waals surface area contributed by atoms with Gasteiger partial charge in [-0.1, -0.05) is 30.3 Å². The Bertz CT molecular complexity index is 972. The van der Waals surface area contributed by atoms with Crippen LogP contribution in [0.2, 0.25) is 0 Å². The zero-order valence-corrected chi connectivity index (χ0v) is 16.0. The summed E-state index contributed by atoms with van der Waals surface area (Å²) in [5.74, 6) is 1.57. The topological polar surface area (TPSA) is 79.8 Å². The molecular weight excluding hydrogens is 356 g/mol. The highest BCUT2D eigenvalue weighted by atomic mass is 16.5. The second-order valence-corrected chi connectivity index (χ2v) is 6.23. The number of phenols is 1. The second kappa shape index (κ2) is 8.99. The van der Waals surface area contributed by atoms with Crippen LogP contribution in [-0.2, 0) is 6.42 Å². The van der Waals surface area contributed by atoms with Gasteiger partial charge in [-0.25, -0.2) is 4.79 Å². The van der Waals surface area contributed by atoms with Crippen LogP contribution in [0.5, 0.6) is 17.2 Å². The fraction of sp³-hybridized carbons (Fsp3) is 0.227. The van der Waals surface area contributed by atoms with Crippen LogP contribution in [0.4, 0.5) is 10.5 Å². The summed E-state index contributed by atoms with van der Waals surface area (Å²) in [4.78, 5) is 12.3. The van der Waals surface area contributed by atoms with Crippen LogP contribution in [0.3, 0.4) is 0 Å². The van der Waals surface area contributed by atoms with Crippen LogP contribution in [0.1, 0.15) is 12.5 Å². The lowest BCUT2D eigenvalue weighted by Crippen LogP contribution is -2.30. The monoisotopic (exact) mass is 380 g/mol. The molecule has 28 heavy (non-hydrogen) atoms. The number of fused-ring (bicyclic) bond motifs is 1. The van der Waals surface area contributed by atoms with Gasteiger partial charge in [0.15, 0.2) is 11.5 Å². The third kappa shape index (κ3) is 4.46. The van der Waals surface area contributed by atoms with Crippen molar-refractivity contribution in [3.63, 3.8) is 0 Å². The largest absolute Gasteiger partial charge is 0.507 e. The SMILES string of the molecule is CCOc1ccc(CCNC(=O)Nc2cccc3c(O)cccc23)cc1OC. The molecule has 0 saturated heterocycles. The first-order valence-corrected chi connectivity index (χ1v) is 9.17. The Balaban J connectivity index is 1.59. The molecule has 0 saturated carbocycles. The number of ether oxygens (including phenoxy) is 2. The Morgan fingerprint density at radius 2 is 1.82 bits per heavy atom. The number of phenolic OH excluding ortho intramolecular Hbond substituents is 1. The average Bonchev–Trinajstić information content (AvgIpc) is 2.70. The molecule has 0 heterocycles. The first-order chi connectivity index (χ1) is 13.6. The Hall–Kier alpha value is -3.41. The highest BCUT2D eigenvalue weighted by Gasteiger charge is 2.08. The fourth-order valence-electron chi connectivity index (χ4n) is 3.03. The van der Waals surface area contributed by atoms with E-state index in [1.54, 1.807) is 31.4 Å². The Kier molecular flexibility index (Phi) is 6.22. The number of hydrogen-bond donors (Lipinski definition) is 3. The number of nitrogens with one attached hydrogen (secondary N) is 2. The standard InChI is InChI=1S/C22H24N2O4/c1-3-28-20-11-10-15(14-21(20)27-2)12-13-23-22(26)24-18-8-4-7-17-16(18)6-5-9-19(17)25/h4-11,14,25H,3,12-13H2,1-2H3,(H2,23,24,26). The molecule has 3 N–H and O–H groups in total. The lowest BCUT2D eigenvalue weighted by molar-refractivity contribution is 0.252. The maximum absolute atomic E-state index is 12.3. The maximum atomic E-state index is 12.3. The van der Waals surface area contributed by atoms with Crippen molar-refractivity contribution in [1.82, 2.24) is 5.32 Å². The van der Waals surface area contributed by atoms with Gasteiger partial charge in [-0.3, -0.25) is 0 Å². The molecule has 0 fully saturated rings. The number of hydrogen-bond acceptors (Lipinski definition) is 4. The van der Waals surface area contributed by atoms with Gasteiger partial charge in [0.05, 0.1) is 19.4 Å². The highest BCUT2D eigenvalue weighted by molar-refractivity contribution is 6.03. The van der Waals surface area contributed by atoms with Gasteiger partial charge in [-0.2, -0.15) is 0 Å². The van der Waals surface area contributed by atoms with Crippen molar-refractivity contribution in [1.29, 1.82) is 0 Å². The van der Waals surface area contributed by atoms with Crippen LogP contribution in [-0.4, -0.2) is 31.4 Å². The third-order valence-corrected chi connectivity index (χ3v) is 4.37. The number of benzene rings is 3. The highest BCUT2D eigenvalue weighted by Crippen LogP contribution is 2.30. The van der Waals surface area contributed by atoms with Crippen LogP contribution in [0, 0.1) is 0 Å². The zero-order chi connectivity index (χ0) is 19.9. The fourth-order valence-corrected chi connectivity index (χ4v) is 3.03. The van der Waals surface area contributed by atoms with Crippen molar-refractivity contribution in [3.8, 4) is 17.2 Å². The van der Waals surface area contributed by atoms with Crippen LogP contribution >= 0.6 is 0 Å². The van der Waals surface area contributed by atoms with E-state index in [-0.39, 0.29) is 11.8 Å². The van der Waals surface area contributed by atoms with E-state index in [4.69, 9.17) is 9.47 Å². The van der Waals surface area contributed by atoms with E-state index in [0.717, 1.165) is 10.9 Å². The van der Waals surface area contributed by atoms with E-state index in [1.165, 1.54) is 0 Å². The third-order valence-electron chi connectivity index (χ3n) is 4.37. The number of carbonyl (C=O) groups is 1. The zero-order valence-electron chi connectivity index (χ0n) is 16.0. The molecule has 0 aliphatic carbocycles. The van der Waals surface area contributed by atoms with E-state index >= 15 is 0 Å². The van der Waals surface area contributed by atoms with Gasteiger partial charge in [-0.15, -0.1) is 0 Å². The van der Waals surface area contributed by atoms with Crippen molar-refractivity contribution < 1.29 is 19.4 Å². The molecule has 3 aromatic carbocycles. The summed E-state index contributed by atoms with van der Waals surface area (Å²) in [5.41, 5.74) is 1.68.